The number of fused-ring (bicyclic) bond motifs is 1. The Morgan fingerprint density at radius 3 is 3.24 bits per heavy atom. The van der Waals surface area contributed by atoms with Crippen molar-refractivity contribution >= 4 is 21.6 Å². The zero-order chi connectivity index (χ0) is 14.7. The molecule has 113 valence electrons. The summed E-state index contributed by atoms with van der Waals surface area (Å²) in [6.45, 7) is 7.72. The third-order valence-corrected chi connectivity index (χ3v) is 4.40. The molecule has 2 heterocycles. The summed E-state index contributed by atoms with van der Waals surface area (Å²) in [5.74, 6) is 0.763. The number of aliphatic hydroxyl groups is 1. The molecule has 3 rings (SSSR count). The van der Waals surface area contributed by atoms with Crippen LogP contribution in [0.4, 0.5) is 0 Å². The summed E-state index contributed by atoms with van der Waals surface area (Å²) in [6, 6.07) is 5.89. The van der Waals surface area contributed by atoms with Crippen LogP contribution >= 0.6 is 11.3 Å². The number of benzene rings is 1. The van der Waals surface area contributed by atoms with Gasteiger partial charge < -0.3 is 15.2 Å². The van der Waals surface area contributed by atoms with E-state index in [2.05, 4.69) is 15.2 Å². The lowest BCUT2D eigenvalue weighted by Crippen LogP contribution is -2.44. The van der Waals surface area contributed by atoms with E-state index >= 15 is 0 Å². The predicted octanol–water partition coefficient (Wildman–Crippen LogP) is 1.41. The largest absolute Gasteiger partial charge is 0.491 e. The molecule has 0 amide bonds. The number of nitrogens with one attached hydrogen (secondary N) is 1. The van der Waals surface area contributed by atoms with Crippen molar-refractivity contribution in [3.05, 3.63) is 29.8 Å². The standard InChI is InChI=1S/C15H20N3O2S/c1-11-17-14-8-13(2-3-15(14)21-11)20-10-12(19)9-18-6-4-16-5-7-18/h2-4,8,12,16,19H,5-7,9-10H2,1H3/t12-/m1/s1. The molecule has 0 saturated carbocycles. The van der Waals surface area contributed by atoms with E-state index in [-0.39, 0.29) is 0 Å². The highest BCUT2D eigenvalue weighted by Gasteiger charge is 2.15. The van der Waals surface area contributed by atoms with E-state index < -0.39 is 6.10 Å². The van der Waals surface area contributed by atoms with Gasteiger partial charge in [0, 0.05) is 38.8 Å². The summed E-state index contributed by atoms with van der Waals surface area (Å²) in [6.07, 6.45) is -0.482. The highest BCUT2D eigenvalue weighted by molar-refractivity contribution is 7.18. The SMILES string of the molecule is Cc1nc2cc(OC[C@H](O)CN3C[CH]NCC3)ccc2s1. The van der Waals surface area contributed by atoms with Gasteiger partial charge in [-0.2, -0.15) is 0 Å². The Hall–Kier alpha value is -1.21. The van der Waals surface area contributed by atoms with Crippen LogP contribution < -0.4 is 10.1 Å². The van der Waals surface area contributed by atoms with Crippen molar-refractivity contribution in [2.24, 2.45) is 0 Å². The summed E-state index contributed by atoms with van der Waals surface area (Å²) in [4.78, 5) is 6.66. The molecule has 1 atom stereocenters. The van der Waals surface area contributed by atoms with Gasteiger partial charge in [-0.05, 0) is 19.1 Å². The van der Waals surface area contributed by atoms with Crippen LogP contribution in [0, 0.1) is 13.5 Å². The fraction of sp³-hybridized carbons (Fsp3) is 0.467. The van der Waals surface area contributed by atoms with Crippen molar-refractivity contribution < 1.29 is 9.84 Å². The monoisotopic (exact) mass is 306 g/mol. The predicted molar refractivity (Wildman–Crippen MR) is 84.6 cm³/mol. The minimum Gasteiger partial charge on any atom is -0.491 e. The minimum absolute atomic E-state index is 0.304. The highest BCUT2D eigenvalue weighted by atomic mass is 32.1. The smallest absolute Gasteiger partial charge is 0.121 e. The van der Waals surface area contributed by atoms with E-state index in [1.54, 1.807) is 11.3 Å². The maximum absolute atomic E-state index is 10.1. The third kappa shape index (κ3) is 3.91. The van der Waals surface area contributed by atoms with E-state index in [1.807, 2.05) is 31.7 Å². The van der Waals surface area contributed by atoms with Gasteiger partial charge in [-0.1, -0.05) is 0 Å². The van der Waals surface area contributed by atoms with Gasteiger partial charge in [-0.15, -0.1) is 11.3 Å². The molecule has 5 nitrogen and oxygen atoms in total. The number of aromatic nitrogens is 1. The summed E-state index contributed by atoms with van der Waals surface area (Å²) >= 11 is 1.68. The molecule has 1 fully saturated rings. The molecular formula is C15H20N3O2S. The lowest BCUT2D eigenvalue weighted by Gasteiger charge is -2.28. The quantitative estimate of drug-likeness (QED) is 0.875. The second-order valence-electron chi connectivity index (χ2n) is 5.25. The van der Waals surface area contributed by atoms with Gasteiger partial charge >= 0.3 is 0 Å². The number of thiazole rings is 1. The lowest BCUT2D eigenvalue weighted by molar-refractivity contribution is 0.0674. The van der Waals surface area contributed by atoms with Crippen LogP contribution in [-0.2, 0) is 0 Å². The molecule has 21 heavy (non-hydrogen) atoms. The highest BCUT2D eigenvalue weighted by Crippen LogP contribution is 2.25. The topological polar surface area (TPSA) is 57.6 Å². The van der Waals surface area contributed by atoms with Gasteiger partial charge in [0.15, 0.2) is 0 Å². The Balaban J connectivity index is 1.52. The van der Waals surface area contributed by atoms with Crippen molar-refractivity contribution in [3.8, 4) is 5.75 Å². The second kappa shape index (κ2) is 6.70. The average molecular weight is 306 g/mol. The van der Waals surface area contributed by atoms with Gasteiger partial charge in [0.05, 0.1) is 15.2 Å². The summed E-state index contributed by atoms with van der Waals surface area (Å²) < 4.78 is 6.85. The maximum atomic E-state index is 10.1. The van der Waals surface area contributed by atoms with E-state index in [0.717, 1.165) is 40.6 Å². The molecule has 0 aliphatic carbocycles. The first kappa shape index (κ1) is 14.7. The van der Waals surface area contributed by atoms with Gasteiger partial charge in [0.25, 0.3) is 0 Å². The van der Waals surface area contributed by atoms with Crippen LogP contribution in [0.25, 0.3) is 10.2 Å². The van der Waals surface area contributed by atoms with Crippen LogP contribution in [0.15, 0.2) is 18.2 Å². The lowest BCUT2D eigenvalue weighted by atomic mass is 10.3. The Morgan fingerprint density at radius 1 is 1.52 bits per heavy atom. The number of aryl methyl sites for hydroxylation is 1. The number of piperazine rings is 1. The molecule has 6 heteroatoms. The zero-order valence-corrected chi connectivity index (χ0v) is 12.9. The Morgan fingerprint density at radius 2 is 2.43 bits per heavy atom. The van der Waals surface area contributed by atoms with Crippen molar-refractivity contribution in [1.29, 1.82) is 0 Å². The molecule has 2 aromatic rings. The van der Waals surface area contributed by atoms with E-state index in [1.165, 1.54) is 0 Å². The molecular weight excluding hydrogens is 286 g/mol. The van der Waals surface area contributed by atoms with E-state index in [0.29, 0.717) is 13.2 Å². The Bertz CT molecular complexity index is 596. The molecule has 0 unspecified atom stereocenters. The molecule has 2 N–H and O–H groups in total. The number of hydrogen-bond donors (Lipinski definition) is 2. The fourth-order valence-corrected chi connectivity index (χ4v) is 3.24. The van der Waals surface area contributed by atoms with Gasteiger partial charge in [-0.3, -0.25) is 4.90 Å². The van der Waals surface area contributed by atoms with Crippen LogP contribution in [0.2, 0.25) is 0 Å². The number of hydrogen-bond acceptors (Lipinski definition) is 6. The van der Waals surface area contributed by atoms with Gasteiger partial charge in [0.2, 0.25) is 0 Å². The van der Waals surface area contributed by atoms with Crippen LogP contribution in [-0.4, -0.2) is 53.9 Å². The van der Waals surface area contributed by atoms with Gasteiger partial charge in [-0.25, -0.2) is 4.98 Å². The van der Waals surface area contributed by atoms with Crippen molar-refractivity contribution in [2.45, 2.75) is 13.0 Å². The van der Waals surface area contributed by atoms with Crippen LogP contribution in [0.1, 0.15) is 5.01 Å². The van der Waals surface area contributed by atoms with Crippen LogP contribution in [0.5, 0.6) is 5.75 Å². The summed E-state index contributed by atoms with van der Waals surface area (Å²) in [5.41, 5.74) is 0.959. The molecule has 1 radical (unpaired) electrons. The summed E-state index contributed by atoms with van der Waals surface area (Å²) in [7, 11) is 0. The molecule has 1 saturated heterocycles. The zero-order valence-electron chi connectivity index (χ0n) is 12.1. The van der Waals surface area contributed by atoms with Crippen molar-refractivity contribution in [2.75, 3.05) is 32.8 Å². The number of aliphatic hydroxyl groups excluding tert-OH is 1. The number of ether oxygens (including phenoxy) is 1. The molecule has 0 spiro atoms. The Labute approximate surface area is 128 Å². The molecule has 1 aliphatic heterocycles. The second-order valence-corrected chi connectivity index (χ2v) is 6.48. The first-order chi connectivity index (χ1) is 10.2. The molecule has 1 aliphatic rings. The third-order valence-electron chi connectivity index (χ3n) is 3.44. The summed E-state index contributed by atoms with van der Waals surface area (Å²) in [5, 5.41) is 14.3. The normalized spacial score (nSPS) is 18.0. The first-order valence-corrected chi connectivity index (χ1v) is 7.98. The van der Waals surface area contributed by atoms with E-state index in [9.17, 15) is 5.11 Å². The van der Waals surface area contributed by atoms with E-state index in [4.69, 9.17) is 4.74 Å². The molecule has 0 bridgehead atoms. The Kier molecular flexibility index (Phi) is 4.70. The van der Waals surface area contributed by atoms with Crippen LogP contribution in [0.3, 0.4) is 0 Å². The first-order valence-electron chi connectivity index (χ1n) is 7.16. The minimum atomic E-state index is -0.482. The molecule has 1 aromatic heterocycles. The maximum Gasteiger partial charge on any atom is 0.121 e. The fourth-order valence-electron chi connectivity index (χ4n) is 2.43. The van der Waals surface area contributed by atoms with Gasteiger partial charge in [0.1, 0.15) is 18.5 Å². The van der Waals surface area contributed by atoms with Crippen molar-refractivity contribution in [1.82, 2.24) is 15.2 Å². The average Bonchev–Trinajstić information content (AvgIpc) is 2.85. The number of rotatable bonds is 5. The number of nitrogens with zero attached hydrogens (tertiary/aromatic N) is 2. The molecule has 1 aromatic carbocycles. The van der Waals surface area contributed by atoms with Crippen molar-refractivity contribution in [3.63, 3.8) is 0 Å². The number of β-amino-alcohol motifs (C(OH)–C–C–N with tert-alkyl or cyclic N) is 1.